The largest absolute Gasteiger partial charge is 0.353 e. The molecule has 0 unspecified atom stereocenters. The predicted octanol–water partition coefficient (Wildman–Crippen LogP) is 4.91. The van der Waals surface area contributed by atoms with E-state index >= 15 is 0 Å². The molecule has 0 spiro atoms. The van der Waals surface area contributed by atoms with Gasteiger partial charge in [-0.15, -0.1) is 0 Å². The van der Waals surface area contributed by atoms with E-state index in [1.54, 1.807) is 24.3 Å². The quantitative estimate of drug-likeness (QED) is 0.448. The molecule has 1 heterocycles. The van der Waals surface area contributed by atoms with Crippen molar-refractivity contribution >= 4 is 44.6 Å². The highest BCUT2D eigenvalue weighted by molar-refractivity contribution is 9.10. The maximum atomic E-state index is 13.8. The van der Waals surface area contributed by atoms with Crippen LogP contribution >= 0.6 is 15.9 Å². The number of hydrogen-bond acceptors (Lipinski definition) is 6. The topological polar surface area (TPSA) is 93.0 Å². The van der Waals surface area contributed by atoms with Gasteiger partial charge in [0.05, 0.1) is 16.3 Å². The van der Waals surface area contributed by atoms with Crippen LogP contribution in [0.3, 0.4) is 0 Å². The molecule has 0 aliphatic carbocycles. The van der Waals surface area contributed by atoms with Gasteiger partial charge in [0.15, 0.2) is 0 Å². The van der Waals surface area contributed by atoms with Crippen LogP contribution < -0.4 is 10.6 Å². The molecule has 0 radical (unpaired) electrons. The van der Waals surface area contributed by atoms with Gasteiger partial charge in [0.25, 0.3) is 0 Å². The van der Waals surface area contributed by atoms with Gasteiger partial charge in [-0.3, -0.25) is 10.1 Å². The molecule has 3 aromatic rings. The van der Waals surface area contributed by atoms with Crippen LogP contribution in [0.4, 0.5) is 37.5 Å². The van der Waals surface area contributed by atoms with E-state index in [0.717, 1.165) is 18.5 Å². The molecule has 0 aliphatic heterocycles. The molecular weight excluding hydrogens is 412 g/mol. The van der Waals surface area contributed by atoms with Crippen LogP contribution in [0.1, 0.15) is 0 Å². The van der Waals surface area contributed by atoms with Crippen molar-refractivity contribution in [1.82, 2.24) is 9.97 Å². The Labute approximate surface area is 154 Å². The van der Waals surface area contributed by atoms with Crippen LogP contribution in [0.2, 0.25) is 0 Å². The number of halogens is 3. The summed E-state index contributed by atoms with van der Waals surface area (Å²) in [6.07, 6.45) is 1.09. The molecule has 0 fully saturated rings. The summed E-state index contributed by atoms with van der Waals surface area (Å²) in [7, 11) is 0. The summed E-state index contributed by atoms with van der Waals surface area (Å²) in [4.78, 5) is 18.5. The number of nitrogens with one attached hydrogen (secondary N) is 2. The highest BCUT2D eigenvalue weighted by Gasteiger charge is 2.24. The van der Waals surface area contributed by atoms with Gasteiger partial charge in [0.1, 0.15) is 18.0 Å². The third-order valence-corrected chi connectivity index (χ3v) is 4.01. The van der Waals surface area contributed by atoms with Crippen LogP contribution in [-0.4, -0.2) is 14.9 Å². The number of hydrogen-bond donors (Lipinski definition) is 2. The number of anilines is 4. The Balaban J connectivity index is 2.01. The van der Waals surface area contributed by atoms with E-state index in [2.05, 4.69) is 36.5 Å². The Hall–Kier alpha value is -3.14. The van der Waals surface area contributed by atoms with Crippen LogP contribution in [0.15, 0.2) is 53.3 Å². The Kier molecular flexibility index (Phi) is 5.03. The SMILES string of the molecule is O=[N+]([O-])c1c(Nc2ccc(F)cc2F)ncnc1Nc1ccccc1Br. The number of nitrogens with zero attached hydrogens (tertiary/aromatic N) is 3. The van der Waals surface area contributed by atoms with E-state index in [4.69, 9.17) is 0 Å². The lowest BCUT2D eigenvalue weighted by molar-refractivity contribution is -0.383. The molecule has 0 bridgehead atoms. The van der Waals surface area contributed by atoms with Crippen molar-refractivity contribution in [3.8, 4) is 0 Å². The van der Waals surface area contributed by atoms with Crippen LogP contribution in [0.25, 0.3) is 0 Å². The number of rotatable bonds is 5. The minimum absolute atomic E-state index is 0.0816. The van der Waals surface area contributed by atoms with Crippen molar-refractivity contribution in [3.63, 3.8) is 0 Å². The maximum absolute atomic E-state index is 13.8. The second-order valence-electron chi connectivity index (χ2n) is 5.03. The van der Waals surface area contributed by atoms with Crippen molar-refractivity contribution in [2.45, 2.75) is 0 Å². The zero-order valence-corrected chi connectivity index (χ0v) is 14.5. The smallest absolute Gasteiger partial charge is 0.333 e. The minimum atomic E-state index is -0.904. The Morgan fingerprint density at radius 1 is 1.00 bits per heavy atom. The Morgan fingerprint density at radius 3 is 2.27 bits per heavy atom. The highest BCUT2D eigenvalue weighted by atomic mass is 79.9. The van der Waals surface area contributed by atoms with Crippen molar-refractivity contribution in [2.75, 3.05) is 10.6 Å². The molecule has 0 aliphatic rings. The molecule has 0 atom stereocenters. The lowest BCUT2D eigenvalue weighted by atomic mass is 10.3. The van der Waals surface area contributed by atoms with E-state index in [9.17, 15) is 18.9 Å². The monoisotopic (exact) mass is 421 g/mol. The summed E-state index contributed by atoms with van der Waals surface area (Å²) in [6.45, 7) is 0. The molecule has 1 aromatic heterocycles. The predicted molar refractivity (Wildman–Crippen MR) is 95.8 cm³/mol. The van der Waals surface area contributed by atoms with Gasteiger partial charge >= 0.3 is 5.69 Å². The summed E-state index contributed by atoms with van der Waals surface area (Å²) < 4.78 is 27.5. The highest BCUT2D eigenvalue weighted by Crippen LogP contribution is 2.35. The maximum Gasteiger partial charge on any atom is 0.353 e. The van der Waals surface area contributed by atoms with E-state index in [1.165, 1.54) is 0 Å². The number of para-hydroxylation sites is 1. The van der Waals surface area contributed by atoms with Crippen LogP contribution in [0.5, 0.6) is 0 Å². The van der Waals surface area contributed by atoms with Crippen LogP contribution in [0, 0.1) is 21.7 Å². The van der Waals surface area contributed by atoms with Gasteiger partial charge in [-0.05, 0) is 40.2 Å². The number of nitro groups is 1. The second kappa shape index (κ2) is 7.40. The van der Waals surface area contributed by atoms with E-state index in [-0.39, 0.29) is 17.3 Å². The molecular formula is C16H10BrF2N5O2. The zero-order chi connectivity index (χ0) is 18.7. The fourth-order valence-electron chi connectivity index (χ4n) is 2.14. The minimum Gasteiger partial charge on any atom is -0.333 e. The fraction of sp³-hybridized carbons (Fsp3) is 0. The van der Waals surface area contributed by atoms with E-state index in [0.29, 0.717) is 16.2 Å². The van der Waals surface area contributed by atoms with Crippen LogP contribution in [-0.2, 0) is 0 Å². The van der Waals surface area contributed by atoms with Gasteiger partial charge in [-0.2, -0.15) is 0 Å². The molecule has 7 nitrogen and oxygen atoms in total. The average molecular weight is 422 g/mol. The lowest BCUT2D eigenvalue weighted by Gasteiger charge is -2.11. The third-order valence-electron chi connectivity index (χ3n) is 3.32. The molecule has 26 heavy (non-hydrogen) atoms. The number of aromatic nitrogens is 2. The number of benzene rings is 2. The first-order valence-corrected chi connectivity index (χ1v) is 7.98. The molecule has 0 saturated heterocycles. The molecule has 0 amide bonds. The summed E-state index contributed by atoms with van der Waals surface area (Å²) in [5.74, 6) is -1.98. The normalized spacial score (nSPS) is 10.4. The van der Waals surface area contributed by atoms with Gasteiger partial charge < -0.3 is 10.6 Å². The van der Waals surface area contributed by atoms with Gasteiger partial charge in [0.2, 0.25) is 11.6 Å². The fourth-order valence-corrected chi connectivity index (χ4v) is 2.53. The molecule has 132 valence electrons. The standard InChI is InChI=1S/C16H10BrF2N5O2/c17-10-3-1-2-4-12(10)22-15-14(24(25)26)16(21-8-20-15)23-13-6-5-9(18)7-11(13)19/h1-8H,(H2,20,21,22,23). The summed E-state index contributed by atoms with van der Waals surface area (Å²) in [5.41, 5.74) is -0.0831. The van der Waals surface area contributed by atoms with E-state index in [1.807, 2.05) is 0 Å². The summed E-state index contributed by atoms with van der Waals surface area (Å²) in [6, 6.07) is 9.79. The Bertz CT molecular complexity index is 987. The molecule has 0 saturated carbocycles. The second-order valence-corrected chi connectivity index (χ2v) is 5.88. The van der Waals surface area contributed by atoms with Gasteiger partial charge in [-0.1, -0.05) is 12.1 Å². The molecule has 10 heteroatoms. The molecule has 3 rings (SSSR count). The van der Waals surface area contributed by atoms with Crippen molar-refractivity contribution < 1.29 is 13.7 Å². The van der Waals surface area contributed by atoms with E-state index < -0.39 is 22.2 Å². The van der Waals surface area contributed by atoms with Crippen molar-refractivity contribution in [1.29, 1.82) is 0 Å². The summed E-state index contributed by atoms with van der Waals surface area (Å²) in [5, 5.41) is 16.9. The molecule has 2 aromatic carbocycles. The molecule has 2 N–H and O–H groups in total. The van der Waals surface area contributed by atoms with Crippen molar-refractivity contribution in [2.24, 2.45) is 0 Å². The first-order valence-electron chi connectivity index (χ1n) is 7.18. The lowest BCUT2D eigenvalue weighted by Crippen LogP contribution is -2.06. The average Bonchev–Trinajstić information content (AvgIpc) is 2.59. The first kappa shape index (κ1) is 17.7. The zero-order valence-electron chi connectivity index (χ0n) is 12.9. The Morgan fingerprint density at radius 2 is 1.65 bits per heavy atom. The van der Waals surface area contributed by atoms with Crippen molar-refractivity contribution in [3.05, 3.63) is 75.0 Å². The first-order chi connectivity index (χ1) is 12.5. The van der Waals surface area contributed by atoms with Gasteiger partial charge in [0, 0.05) is 10.5 Å². The van der Waals surface area contributed by atoms with Gasteiger partial charge in [-0.25, -0.2) is 18.7 Å². The summed E-state index contributed by atoms with van der Waals surface area (Å²) >= 11 is 3.33. The third kappa shape index (κ3) is 3.75.